The Bertz CT molecular complexity index is 627. The number of hydrogen-bond acceptors (Lipinski definition) is 1. The Balaban J connectivity index is 1.71. The van der Waals surface area contributed by atoms with Gasteiger partial charge in [-0.25, -0.2) is 0 Å². The fourth-order valence-electron chi connectivity index (χ4n) is 2.37. The molecule has 0 bridgehead atoms. The Kier molecular flexibility index (Phi) is 6.61. The number of carbonyl (C=O) groups excluding carboxylic acids is 1. The number of aryl methyl sites for hydroxylation is 1. The minimum absolute atomic E-state index is 0.0361. The van der Waals surface area contributed by atoms with Crippen molar-refractivity contribution in [2.24, 2.45) is 0 Å². The van der Waals surface area contributed by atoms with E-state index >= 15 is 0 Å². The number of carbonyl (C=O) groups is 1. The molecule has 0 saturated carbocycles. The second kappa shape index (κ2) is 8.94. The second-order valence-corrected chi connectivity index (χ2v) is 6.03. The van der Waals surface area contributed by atoms with Crippen LogP contribution in [-0.4, -0.2) is 12.5 Å². The van der Waals surface area contributed by atoms with Crippen LogP contribution in [0.5, 0.6) is 0 Å². The third-order valence-corrected chi connectivity index (χ3v) is 3.81. The maximum absolute atomic E-state index is 11.8. The number of amides is 1. The highest BCUT2D eigenvalue weighted by Gasteiger charge is 1.99. The SMILES string of the molecule is CC(C)c1ccc(/C=C/C(=O)NCCCc2ccccc2)cc1. The third-order valence-electron chi connectivity index (χ3n) is 3.81. The van der Waals surface area contributed by atoms with Crippen LogP contribution in [0.2, 0.25) is 0 Å². The van der Waals surface area contributed by atoms with Gasteiger partial charge < -0.3 is 5.32 Å². The number of rotatable bonds is 7. The van der Waals surface area contributed by atoms with E-state index in [2.05, 4.69) is 55.6 Å². The summed E-state index contributed by atoms with van der Waals surface area (Å²) in [6.07, 6.45) is 5.40. The molecule has 0 spiro atoms. The normalized spacial score (nSPS) is 11.1. The van der Waals surface area contributed by atoms with Crippen LogP contribution in [0.15, 0.2) is 60.7 Å². The smallest absolute Gasteiger partial charge is 0.243 e. The summed E-state index contributed by atoms with van der Waals surface area (Å²) in [5, 5.41) is 2.93. The maximum Gasteiger partial charge on any atom is 0.243 e. The van der Waals surface area contributed by atoms with Gasteiger partial charge >= 0.3 is 0 Å². The first-order valence-electron chi connectivity index (χ1n) is 8.25. The van der Waals surface area contributed by atoms with Gasteiger partial charge in [0.15, 0.2) is 0 Å². The van der Waals surface area contributed by atoms with Gasteiger partial charge in [0.2, 0.25) is 5.91 Å². The molecule has 0 fully saturated rings. The molecule has 120 valence electrons. The van der Waals surface area contributed by atoms with E-state index in [1.807, 2.05) is 24.3 Å². The van der Waals surface area contributed by atoms with Crippen LogP contribution in [0, 0.1) is 0 Å². The molecular formula is C21H25NO. The zero-order chi connectivity index (χ0) is 16.5. The van der Waals surface area contributed by atoms with Crippen molar-refractivity contribution < 1.29 is 4.79 Å². The highest BCUT2D eigenvalue weighted by atomic mass is 16.1. The summed E-state index contributed by atoms with van der Waals surface area (Å²) in [5.74, 6) is 0.493. The molecule has 1 amide bonds. The lowest BCUT2D eigenvalue weighted by atomic mass is 10.0. The predicted octanol–water partition coefficient (Wildman–Crippen LogP) is 4.57. The minimum atomic E-state index is -0.0361. The summed E-state index contributed by atoms with van der Waals surface area (Å²) in [6, 6.07) is 18.7. The number of hydrogen-bond donors (Lipinski definition) is 1. The van der Waals surface area contributed by atoms with Crippen molar-refractivity contribution in [2.45, 2.75) is 32.6 Å². The average molecular weight is 307 g/mol. The third kappa shape index (κ3) is 6.11. The summed E-state index contributed by atoms with van der Waals surface area (Å²) in [6.45, 7) is 5.05. The molecule has 0 heterocycles. The Morgan fingerprint density at radius 3 is 2.39 bits per heavy atom. The van der Waals surface area contributed by atoms with Gasteiger partial charge in [0.25, 0.3) is 0 Å². The van der Waals surface area contributed by atoms with E-state index in [0.717, 1.165) is 18.4 Å². The van der Waals surface area contributed by atoms with E-state index < -0.39 is 0 Å². The number of benzene rings is 2. The van der Waals surface area contributed by atoms with Crippen molar-refractivity contribution in [2.75, 3.05) is 6.54 Å². The lowest BCUT2D eigenvalue weighted by molar-refractivity contribution is -0.116. The minimum Gasteiger partial charge on any atom is -0.353 e. The van der Waals surface area contributed by atoms with Crippen molar-refractivity contribution in [1.29, 1.82) is 0 Å². The first-order valence-corrected chi connectivity index (χ1v) is 8.25. The number of nitrogens with one attached hydrogen (secondary N) is 1. The molecule has 0 unspecified atom stereocenters. The summed E-state index contributed by atoms with van der Waals surface area (Å²) >= 11 is 0. The molecule has 23 heavy (non-hydrogen) atoms. The average Bonchev–Trinajstić information content (AvgIpc) is 2.58. The van der Waals surface area contributed by atoms with Gasteiger partial charge in [-0.15, -0.1) is 0 Å². The molecule has 2 nitrogen and oxygen atoms in total. The molecule has 2 heteroatoms. The Morgan fingerprint density at radius 2 is 1.74 bits per heavy atom. The zero-order valence-corrected chi connectivity index (χ0v) is 14.0. The molecule has 0 saturated heterocycles. The lowest BCUT2D eigenvalue weighted by Gasteiger charge is -2.05. The molecule has 0 atom stereocenters. The van der Waals surface area contributed by atoms with Crippen molar-refractivity contribution >= 4 is 12.0 Å². The zero-order valence-electron chi connectivity index (χ0n) is 14.0. The largest absolute Gasteiger partial charge is 0.353 e. The summed E-state index contributed by atoms with van der Waals surface area (Å²) in [4.78, 5) is 11.8. The first-order chi connectivity index (χ1) is 11.1. The molecule has 0 radical (unpaired) electrons. The van der Waals surface area contributed by atoms with E-state index in [9.17, 15) is 4.79 Å². The highest BCUT2D eigenvalue weighted by molar-refractivity contribution is 5.91. The van der Waals surface area contributed by atoms with Crippen LogP contribution >= 0.6 is 0 Å². The van der Waals surface area contributed by atoms with Gasteiger partial charge in [-0.3, -0.25) is 4.79 Å². The van der Waals surface area contributed by atoms with Crippen LogP contribution in [0.3, 0.4) is 0 Å². The van der Waals surface area contributed by atoms with E-state index in [-0.39, 0.29) is 5.91 Å². The van der Waals surface area contributed by atoms with Gasteiger partial charge in [-0.05, 0) is 41.5 Å². The molecule has 2 aromatic rings. The van der Waals surface area contributed by atoms with Gasteiger partial charge in [0, 0.05) is 12.6 Å². The fraction of sp³-hybridized carbons (Fsp3) is 0.286. The van der Waals surface area contributed by atoms with E-state index in [0.29, 0.717) is 12.5 Å². The van der Waals surface area contributed by atoms with Gasteiger partial charge in [-0.2, -0.15) is 0 Å². The Hall–Kier alpha value is -2.35. The molecule has 0 aliphatic rings. The second-order valence-electron chi connectivity index (χ2n) is 6.03. The molecule has 2 rings (SSSR count). The van der Waals surface area contributed by atoms with Crippen LogP contribution in [0.4, 0.5) is 0 Å². The van der Waals surface area contributed by atoms with Gasteiger partial charge in [0.05, 0.1) is 0 Å². The van der Waals surface area contributed by atoms with Crippen LogP contribution < -0.4 is 5.32 Å². The predicted molar refractivity (Wildman–Crippen MR) is 97.3 cm³/mol. The fourth-order valence-corrected chi connectivity index (χ4v) is 2.37. The van der Waals surface area contributed by atoms with Gasteiger partial charge in [-0.1, -0.05) is 68.4 Å². The molecule has 0 aromatic heterocycles. The molecule has 0 aliphatic carbocycles. The van der Waals surface area contributed by atoms with Crippen molar-refractivity contribution in [1.82, 2.24) is 5.32 Å². The Labute approximate surface area is 139 Å². The monoisotopic (exact) mass is 307 g/mol. The first kappa shape index (κ1) is 17.0. The Morgan fingerprint density at radius 1 is 1.04 bits per heavy atom. The van der Waals surface area contributed by atoms with Crippen LogP contribution in [-0.2, 0) is 11.2 Å². The lowest BCUT2D eigenvalue weighted by Crippen LogP contribution is -2.22. The molecule has 2 aromatic carbocycles. The standard InChI is InChI=1S/C21H25NO/c1-17(2)20-13-10-19(11-14-20)12-15-21(23)22-16-6-9-18-7-4-3-5-8-18/h3-5,7-8,10-15,17H,6,9,16H2,1-2H3,(H,22,23)/b15-12+. The molecule has 1 N–H and O–H groups in total. The van der Waals surface area contributed by atoms with E-state index in [1.165, 1.54) is 11.1 Å². The summed E-state index contributed by atoms with van der Waals surface area (Å²) in [7, 11) is 0. The van der Waals surface area contributed by atoms with Crippen molar-refractivity contribution in [3.63, 3.8) is 0 Å². The molecule has 0 aliphatic heterocycles. The van der Waals surface area contributed by atoms with E-state index in [4.69, 9.17) is 0 Å². The van der Waals surface area contributed by atoms with Crippen molar-refractivity contribution in [3.05, 3.63) is 77.4 Å². The highest BCUT2D eigenvalue weighted by Crippen LogP contribution is 2.15. The summed E-state index contributed by atoms with van der Waals surface area (Å²) < 4.78 is 0. The van der Waals surface area contributed by atoms with Crippen LogP contribution in [0.25, 0.3) is 6.08 Å². The quantitative estimate of drug-likeness (QED) is 0.589. The summed E-state index contributed by atoms with van der Waals surface area (Å²) in [5.41, 5.74) is 3.67. The van der Waals surface area contributed by atoms with Gasteiger partial charge in [0.1, 0.15) is 0 Å². The molecular weight excluding hydrogens is 282 g/mol. The van der Waals surface area contributed by atoms with Crippen molar-refractivity contribution in [3.8, 4) is 0 Å². The maximum atomic E-state index is 11.8. The topological polar surface area (TPSA) is 29.1 Å². The van der Waals surface area contributed by atoms with E-state index in [1.54, 1.807) is 6.08 Å². The van der Waals surface area contributed by atoms with Crippen LogP contribution in [0.1, 0.15) is 42.9 Å².